The average molecular weight is 451 g/mol. The van der Waals surface area contributed by atoms with Crippen molar-refractivity contribution >= 4 is 67.4 Å². The van der Waals surface area contributed by atoms with Gasteiger partial charge >= 0.3 is 0 Å². The topological polar surface area (TPSA) is 55.1 Å². The Kier molecular flexibility index (Phi) is 4.70. The molecule has 1 amide bonds. The van der Waals surface area contributed by atoms with Gasteiger partial charge in [-0.1, -0.05) is 33.6 Å². The highest BCUT2D eigenvalue weighted by atomic mass is 127. The van der Waals surface area contributed by atoms with E-state index in [0.29, 0.717) is 22.0 Å². The van der Waals surface area contributed by atoms with Crippen LogP contribution >= 0.6 is 50.1 Å². The second-order valence-corrected chi connectivity index (χ2v) is 6.27. The molecule has 0 fully saturated rings. The molecule has 0 aromatic heterocycles. The van der Waals surface area contributed by atoms with Gasteiger partial charge in [0.15, 0.2) is 0 Å². The van der Waals surface area contributed by atoms with Gasteiger partial charge in [0.25, 0.3) is 5.91 Å². The van der Waals surface area contributed by atoms with E-state index in [1.165, 1.54) is 0 Å². The Morgan fingerprint density at radius 3 is 2.74 bits per heavy atom. The number of hydrogen-bond donors (Lipinski definition) is 2. The number of hydrogen-bond acceptors (Lipinski definition) is 2. The average Bonchev–Trinajstić information content (AvgIpc) is 2.37. The van der Waals surface area contributed by atoms with Gasteiger partial charge in [-0.25, -0.2) is 0 Å². The maximum Gasteiger partial charge on any atom is 0.256 e. The maximum absolute atomic E-state index is 12.2. The van der Waals surface area contributed by atoms with Crippen molar-refractivity contribution in [3.63, 3.8) is 0 Å². The third-order valence-electron chi connectivity index (χ3n) is 2.46. The lowest BCUT2D eigenvalue weighted by Gasteiger charge is -2.11. The summed E-state index contributed by atoms with van der Waals surface area (Å²) in [6, 6.07) is 10.6. The number of carbonyl (C=O) groups is 1. The highest BCUT2D eigenvalue weighted by Crippen LogP contribution is 2.29. The van der Waals surface area contributed by atoms with E-state index in [0.717, 1.165) is 8.04 Å². The minimum atomic E-state index is -0.245. The number of rotatable bonds is 2. The van der Waals surface area contributed by atoms with Crippen LogP contribution in [-0.2, 0) is 0 Å². The molecule has 2 aromatic carbocycles. The summed E-state index contributed by atoms with van der Waals surface area (Å²) in [4.78, 5) is 12.2. The fourth-order valence-electron chi connectivity index (χ4n) is 1.53. The highest BCUT2D eigenvalue weighted by Gasteiger charge is 2.13. The van der Waals surface area contributed by atoms with Crippen LogP contribution in [0.5, 0.6) is 0 Å². The molecule has 0 aliphatic heterocycles. The molecule has 0 spiro atoms. The summed E-state index contributed by atoms with van der Waals surface area (Å²) in [5.74, 6) is -0.245. The number of amides is 1. The Morgan fingerprint density at radius 1 is 1.32 bits per heavy atom. The van der Waals surface area contributed by atoms with E-state index in [1.54, 1.807) is 24.3 Å². The van der Waals surface area contributed by atoms with Gasteiger partial charge in [0.1, 0.15) is 0 Å². The summed E-state index contributed by atoms with van der Waals surface area (Å²) in [7, 11) is 0. The number of halogens is 3. The largest absolute Gasteiger partial charge is 0.397 e. The van der Waals surface area contributed by atoms with Gasteiger partial charge in [0.05, 0.1) is 22.0 Å². The molecule has 6 heteroatoms. The van der Waals surface area contributed by atoms with Crippen LogP contribution < -0.4 is 11.1 Å². The lowest BCUT2D eigenvalue weighted by molar-refractivity contribution is 0.102. The van der Waals surface area contributed by atoms with E-state index in [4.69, 9.17) is 17.3 Å². The third kappa shape index (κ3) is 3.40. The van der Waals surface area contributed by atoms with Crippen LogP contribution in [0.1, 0.15) is 10.4 Å². The van der Waals surface area contributed by atoms with Crippen LogP contribution in [0.3, 0.4) is 0 Å². The van der Waals surface area contributed by atoms with E-state index in [2.05, 4.69) is 43.8 Å². The van der Waals surface area contributed by atoms with Crippen molar-refractivity contribution in [3.05, 3.63) is 55.0 Å². The Hall–Kier alpha value is -0.790. The summed E-state index contributed by atoms with van der Waals surface area (Å²) in [5.41, 5.74) is 7.24. The number of nitrogens with one attached hydrogen (secondary N) is 1. The van der Waals surface area contributed by atoms with Crippen LogP contribution in [0.15, 0.2) is 40.9 Å². The molecule has 3 nitrogen and oxygen atoms in total. The molecule has 0 atom stereocenters. The van der Waals surface area contributed by atoms with Gasteiger partial charge in [-0.3, -0.25) is 4.79 Å². The molecule has 0 aliphatic carbocycles. The molecule has 0 saturated heterocycles. The Morgan fingerprint density at radius 2 is 2.05 bits per heavy atom. The molecule has 0 unspecified atom stereocenters. The van der Waals surface area contributed by atoms with Crippen LogP contribution in [-0.4, -0.2) is 5.91 Å². The van der Waals surface area contributed by atoms with Crippen molar-refractivity contribution < 1.29 is 4.79 Å². The predicted octanol–water partition coefficient (Wildman–Crippen LogP) is 4.54. The smallest absolute Gasteiger partial charge is 0.256 e. The van der Waals surface area contributed by atoms with Crippen molar-refractivity contribution in [2.75, 3.05) is 11.1 Å². The van der Waals surface area contributed by atoms with Crippen LogP contribution in [0.2, 0.25) is 5.02 Å². The zero-order valence-corrected chi connectivity index (χ0v) is 14.1. The fraction of sp³-hybridized carbons (Fsp3) is 0. The third-order valence-corrected chi connectivity index (χ3v) is 4.21. The van der Waals surface area contributed by atoms with Gasteiger partial charge in [-0.05, 0) is 52.9 Å². The SMILES string of the molecule is Nc1cccc(Cl)c1NC(=O)c1cc(Br)ccc1I. The Bertz CT molecular complexity index is 628. The molecule has 2 aromatic rings. The van der Waals surface area contributed by atoms with E-state index in [-0.39, 0.29) is 5.91 Å². The van der Waals surface area contributed by atoms with Crippen molar-refractivity contribution in [3.8, 4) is 0 Å². The van der Waals surface area contributed by atoms with E-state index < -0.39 is 0 Å². The summed E-state index contributed by atoms with van der Waals surface area (Å²) in [6.45, 7) is 0. The molecular weight excluding hydrogens is 442 g/mol. The fourth-order valence-corrected chi connectivity index (χ4v) is 2.70. The maximum atomic E-state index is 12.2. The van der Waals surface area contributed by atoms with Gasteiger partial charge in [-0.2, -0.15) is 0 Å². The second kappa shape index (κ2) is 6.11. The number of nitrogen functional groups attached to an aromatic ring is 1. The molecule has 19 heavy (non-hydrogen) atoms. The molecule has 0 aliphatic rings. The molecule has 98 valence electrons. The first-order valence-corrected chi connectivity index (χ1v) is 7.54. The Labute approximate surface area is 137 Å². The molecule has 0 heterocycles. The first-order chi connectivity index (χ1) is 8.99. The number of anilines is 2. The monoisotopic (exact) mass is 450 g/mol. The standard InChI is InChI=1S/C13H9BrClIN2O/c14-7-4-5-10(16)8(6-7)13(19)18-12-9(15)2-1-3-11(12)17/h1-6H,17H2,(H,18,19). The van der Waals surface area contributed by atoms with E-state index >= 15 is 0 Å². The summed E-state index contributed by atoms with van der Waals surface area (Å²) < 4.78 is 1.69. The second-order valence-electron chi connectivity index (χ2n) is 3.78. The number of carbonyl (C=O) groups excluding carboxylic acids is 1. The van der Waals surface area contributed by atoms with Crippen molar-refractivity contribution in [2.24, 2.45) is 0 Å². The Balaban J connectivity index is 2.34. The number of benzene rings is 2. The number of para-hydroxylation sites is 1. The molecule has 0 radical (unpaired) electrons. The normalized spacial score (nSPS) is 10.3. The minimum absolute atomic E-state index is 0.245. The molecular formula is C13H9BrClIN2O. The van der Waals surface area contributed by atoms with Crippen LogP contribution in [0, 0.1) is 3.57 Å². The van der Waals surface area contributed by atoms with Crippen LogP contribution in [0.25, 0.3) is 0 Å². The lowest BCUT2D eigenvalue weighted by atomic mass is 10.2. The van der Waals surface area contributed by atoms with Gasteiger partial charge in [-0.15, -0.1) is 0 Å². The van der Waals surface area contributed by atoms with Gasteiger partial charge in [0.2, 0.25) is 0 Å². The van der Waals surface area contributed by atoms with E-state index in [1.807, 2.05) is 12.1 Å². The summed E-state index contributed by atoms with van der Waals surface area (Å²) >= 11 is 11.5. The highest BCUT2D eigenvalue weighted by molar-refractivity contribution is 14.1. The minimum Gasteiger partial charge on any atom is -0.397 e. The van der Waals surface area contributed by atoms with Crippen LogP contribution in [0.4, 0.5) is 11.4 Å². The number of nitrogens with two attached hydrogens (primary N) is 1. The zero-order chi connectivity index (χ0) is 14.0. The van der Waals surface area contributed by atoms with Crippen molar-refractivity contribution in [1.29, 1.82) is 0 Å². The lowest BCUT2D eigenvalue weighted by Crippen LogP contribution is -2.15. The first-order valence-electron chi connectivity index (χ1n) is 5.29. The summed E-state index contributed by atoms with van der Waals surface area (Å²) in [5, 5.41) is 3.16. The molecule has 3 N–H and O–H groups in total. The molecule has 0 bridgehead atoms. The van der Waals surface area contributed by atoms with Gasteiger partial charge in [0, 0.05) is 8.04 Å². The van der Waals surface area contributed by atoms with Crippen molar-refractivity contribution in [2.45, 2.75) is 0 Å². The quantitative estimate of drug-likeness (QED) is 0.520. The van der Waals surface area contributed by atoms with E-state index in [9.17, 15) is 4.79 Å². The predicted molar refractivity (Wildman–Crippen MR) is 90.7 cm³/mol. The summed E-state index contributed by atoms with van der Waals surface area (Å²) in [6.07, 6.45) is 0. The first kappa shape index (κ1) is 14.6. The molecule has 2 rings (SSSR count). The van der Waals surface area contributed by atoms with Gasteiger partial charge < -0.3 is 11.1 Å². The molecule has 0 saturated carbocycles. The zero-order valence-electron chi connectivity index (χ0n) is 9.58. The van der Waals surface area contributed by atoms with Crippen molar-refractivity contribution in [1.82, 2.24) is 0 Å².